The lowest BCUT2D eigenvalue weighted by molar-refractivity contribution is 0.585. The Hall–Kier alpha value is -1.32. The zero-order chi connectivity index (χ0) is 11.0. The lowest BCUT2D eigenvalue weighted by Gasteiger charge is -2.21. The predicted octanol–water partition coefficient (Wildman–Crippen LogP) is 2.39. The van der Waals surface area contributed by atoms with E-state index in [-0.39, 0.29) is 5.69 Å². The molecule has 1 aromatic rings. The average Bonchev–Trinajstić information content (AvgIpc) is 2.94. The van der Waals surface area contributed by atoms with Crippen LogP contribution in [0.15, 0.2) is 12.1 Å². The maximum absolute atomic E-state index is 13.2. The second-order valence-electron chi connectivity index (χ2n) is 4.14. The number of nitrogen functional groups attached to an aromatic ring is 1. The molecule has 1 fully saturated rings. The molecule has 1 aliphatic rings. The zero-order valence-electron chi connectivity index (χ0n) is 8.63. The fourth-order valence-electron chi connectivity index (χ4n) is 1.67. The van der Waals surface area contributed by atoms with Gasteiger partial charge in [0.2, 0.25) is 0 Å². The van der Waals surface area contributed by atoms with Crippen LogP contribution in [0.5, 0.6) is 0 Å². The maximum atomic E-state index is 13.2. The van der Waals surface area contributed by atoms with Crippen LogP contribution in [-0.4, -0.2) is 13.6 Å². The van der Waals surface area contributed by atoms with Crippen LogP contribution >= 0.6 is 0 Å². The summed E-state index contributed by atoms with van der Waals surface area (Å²) in [5, 5.41) is 0. The third-order valence-corrected chi connectivity index (χ3v) is 2.71. The molecule has 1 aliphatic carbocycles. The first kappa shape index (κ1) is 10.2. The number of benzene rings is 1. The Morgan fingerprint density at radius 1 is 1.40 bits per heavy atom. The van der Waals surface area contributed by atoms with Gasteiger partial charge in [-0.3, -0.25) is 0 Å². The molecule has 2 rings (SSSR count). The highest BCUT2D eigenvalue weighted by atomic mass is 19.1. The Bertz CT molecular complexity index is 375. The normalized spacial score (nSPS) is 15.4. The minimum Gasteiger partial charge on any atom is -0.395 e. The number of nitrogens with zero attached hydrogens (tertiary/aromatic N) is 1. The van der Waals surface area contributed by atoms with Gasteiger partial charge >= 0.3 is 0 Å². The third-order valence-electron chi connectivity index (χ3n) is 2.71. The van der Waals surface area contributed by atoms with Crippen molar-refractivity contribution < 1.29 is 8.78 Å². The molecule has 4 heteroatoms. The molecule has 0 amide bonds. The van der Waals surface area contributed by atoms with E-state index in [9.17, 15) is 8.78 Å². The van der Waals surface area contributed by atoms with Gasteiger partial charge in [-0.1, -0.05) is 0 Å². The van der Waals surface area contributed by atoms with E-state index in [4.69, 9.17) is 5.73 Å². The standard InChI is InChI=1S/C11H14F2N2/c1-15(6-7-2-3-7)10-5-8(12)4-9(13)11(10)14/h4-5,7H,2-3,6,14H2,1H3. The van der Waals surface area contributed by atoms with Gasteiger partial charge in [0.25, 0.3) is 0 Å². The third kappa shape index (κ3) is 2.19. The molecule has 0 aromatic heterocycles. The van der Waals surface area contributed by atoms with E-state index in [2.05, 4.69) is 0 Å². The van der Waals surface area contributed by atoms with Gasteiger partial charge < -0.3 is 10.6 Å². The average molecular weight is 212 g/mol. The number of hydrogen-bond acceptors (Lipinski definition) is 2. The summed E-state index contributed by atoms with van der Waals surface area (Å²) in [5.41, 5.74) is 6.04. The van der Waals surface area contributed by atoms with Gasteiger partial charge in [-0.25, -0.2) is 8.78 Å². The summed E-state index contributed by atoms with van der Waals surface area (Å²) in [6, 6.07) is 2.09. The van der Waals surface area contributed by atoms with E-state index in [1.165, 1.54) is 18.9 Å². The largest absolute Gasteiger partial charge is 0.395 e. The SMILES string of the molecule is CN(CC1CC1)c1cc(F)cc(F)c1N. The highest BCUT2D eigenvalue weighted by Gasteiger charge is 2.24. The molecule has 1 aromatic carbocycles. The van der Waals surface area contributed by atoms with E-state index in [1.54, 1.807) is 0 Å². The van der Waals surface area contributed by atoms with Gasteiger partial charge in [0.15, 0.2) is 5.82 Å². The molecule has 2 nitrogen and oxygen atoms in total. The van der Waals surface area contributed by atoms with Crippen molar-refractivity contribution in [1.82, 2.24) is 0 Å². The van der Waals surface area contributed by atoms with Crippen LogP contribution < -0.4 is 10.6 Å². The van der Waals surface area contributed by atoms with Crippen molar-refractivity contribution in [2.24, 2.45) is 5.92 Å². The summed E-state index contributed by atoms with van der Waals surface area (Å²) in [6.45, 7) is 0.813. The zero-order valence-corrected chi connectivity index (χ0v) is 8.63. The highest BCUT2D eigenvalue weighted by molar-refractivity contribution is 5.68. The van der Waals surface area contributed by atoms with Crippen LogP contribution in [0.2, 0.25) is 0 Å². The Morgan fingerprint density at radius 3 is 2.67 bits per heavy atom. The Labute approximate surface area is 87.7 Å². The van der Waals surface area contributed by atoms with Crippen molar-refractivity contribution in [3.63, 3.8) is 0 Å². The Balaban J connectivity index is 2.24. The van der Waals surface area contributed by atoms with Gasteiger partial charge in [0.1, 0.15) is 5.82 Å². The van der Waals surface area contributed by atoms with Crippen LogP contribution in [0.3, 0.4) is 0 Å². The maximum Gasteiger partial charge on any atom is 0.151 e. The van der Waals surface area contributed by atoms with Gasteiger partial charge in [0.05, 0.1) is 11.4 Å². The number of rotatable bonds is 3. The second kappa shape index (κ2) is 3.68. The first-order chi connectivity index (χ1) is 7.08. The van der Waals surface area contributed by atoms with Crippen molar-refractivity contribution in [1.29, 1.82) is 0 Å². The number of halogens is 2. The quantitative estimate of drug-likeness (QED) is 0.779. The lowest BCUT2D eigenvalue weighted by Crippen LogP contribution is -2.21. The number of hydrogen-bond donors (Lipinski definition) is 1. The van der Waals surface area contributed by atoms with E-state index in [0.717, 1.165) is 12.6 Å². The number of anilines is 2. The molecule has 0 bridgehead atoms. The molecule has 0 spiro atoms. The molecule has 0 unspecified atom stereocenters. The first-order valence-corrected chi connectivity index (χ1v) is 5.03. The molecular weight excluding hydrogens is 198 g/mol. The van der Waals surface area contributed by atoms with Crippen LogP contribution in [0.1, 0.15) is 12.8 Å². The molecular formula is C11H14F2N2. The molecule has 0 heterocycles. The molecule has 0 radical (unpaired) electrons. The first-order valence-electron chi connectivity index (χ1n) is 5.03. The van der Waals surface area contributed by atoms with Crippen LogP contribution in [-0.2, 0) is 0 Å². The molecule has 0 aliphatic heterocycles. The van der Waals surface area contributed by atoms with Crippen LogP contribution in [0.25, 0.3) is 0 Å². The van der Waals surface area contributed by atoms with Gasteiger partial charge in [0, 0.05) is 19.7 Å². The minimum absolute atomic E-state index is 0.0274. The lowest BCUT2D eigenvalue weighted by atomic mass is 10.2. The molecule has 1 saturated carbocycles. The van der Waals surface area contributed by atoms with Gasteiger partial charge in [-0.05, 0) is 24.8 Å². The Kier molecular flexibility index (Phi) is 2.50. The van der Waals surface area contributed by atoms with Gasteiger partial charge in [-0.2, -0.15) is 0 Å². The van der Waals surface area contributed by atoms with E-state index >= 15 is 0 Å². The van der Waals surface area contributed by atoms with E-state index in [0.29, 0.717) is 11.6 Å². The molecule has 82 valence electrons. The van der Waals surface area contributed by atoms with E-state index in [1.807, 2.05) is 11.9 Å². The number of nitrogens with two attached hydrogens (primary N) is 1. The topological polar surface area (TPSA) is 29.3 Å². The van der Waals surface area contributed by atoms with Crippen molar-refractivity contribution in [3.05, 3.63) is 23.8 Å². The predicted molar refractivity (Wildman–Crippen MR) is 56.8 cm³/mol. The van der Waals surface area contributed by atoms with Gasteiger partial charge in [-0.15, -0.1) is 0 Å². The van der Waals surface area contributed by atoms with Crippen molar-refractivity contribution in [2.45, 2.75) is 12.8 Å². The summed E-state index contributed by atoms with van der Waals surface area (Å²) in [4.78, 5) is 1.82. The Morgan fingerprint density at radius 2 is 2.07 bits per heavy atom. The van der Waals surface area contributed by atoms with Crippen molar-refractivity contribution in [2.75, 3.05) is 24.2 Å². The summed E-state index contributed by atoms with van der Waals surface area (Å²) in [5.74, 6) is -0.618. The van der Waals surface area contributed by atoms with E-state index < -0.39 is 11.6 Å². The van der Waals surface area contributed by atoms with Crippen molar-refractivity contribution in [3.8, 4) is 0 Å². The van der Waals surface area contributed by atoms with Crippen LogP contribution in [0.4, 0.5) is 20.2 Å². The molecule has 0 saturated heterocycles. The summed E-state index contributed by atoms with van der Waals surface area (Å²) >= 11 is 0. The smallest absolute Gasteiger partial charge is 0.151 e. The molecule has 0 atom stereocenters. The monoisotopic (exact) mass is 212 g/mol. The fourth-order valence-corrected chi connectivity index (χ4v) is 1.67. The van der Waals surface area contributed by atoms with Crippen molar-refractivity contribution >= 4 is 11.4 Å². The summed E-state index contributed by atoms with van der Waals surface area (Å²) in [7, 11) is 1.81. The second-order valence-corrected chi connectivity index (χ2v) is 4.14. The highest BCUT2D eigenvalue weighted by Crippen LogP contribution is 2.33. The molecule has 15 heavy (non-hydrogen) atoms. The fraction of sp³-hybridized carbons (Fsp3) is 0.455. The minimum atomic E-state index is -0.687. The summed E-state index contributed by atoms with van der Waals surface area (Å²) in [6.07, 6.45) is 2.39. The summed E-state index contributed by atoms with van der Waals surface area (Å²) < 4.78 is 26.2. The van der Waals surface area contributed by atoms with Crippen LogP contribution in [0, 0.1) is 17.6 Å². The molecule has 2 N–H and O–H groups in total.